The number of benzene rings is 1. The number of rotatable bonds is 8. The normalized spacial score (nSPS) is 11.3. The van der Waals surface area contributed by atoms with Crippen molar-refractivity contribution in [3.63, 3.8) is 0 Å². The van der Waals surface area contributed by atoms with Crippen LogP contribution in [0.25, 0.3) is 0 Å². The molecule has 0 amide bonds. The molecule has 0 unspecified atom stereocenters. The molecule has 2 N–H and O–H groups in total. The van der Waals surface area contributed by atoms with Crippen molar-refractivity contribution in [3.8, 4) is 5.75 Å². The molecule has 19 heavy (non-hydrogen) atoms. The third-order valence-corrected chi connectivity index (χ3v) is 4.29. The van der Waals surface area contributed by atoms with Gasteiger partial charge in [-0.25, -0.2) is 8.42 Å². The summed E-state index contributed by atoms with van der Waals surface area (Å²) in [4.78, 5) is 0. The molecule has 0 aliphatic rings. The van der Waals surface area contributed by atoms with Crippen molar-refractivity contribution in [2.75, 3.05) is 30.7 Å². The second-order valence-corrected chi connectivity index (χ2v) is 6.73. The Balaban J connectivity index is 2.69. The van der Waals surface area contributed by atoms with Crippen molar-refractivity contribution in [2.24, 2.45) is 0 Å². The molecule has 0 fully saturated rings. The van der Waals surface area contributed by atoms with Crippen LogP contribution in [0.3, 0.4) is 0 Å². The minimum Gasteiger partial charge on any atom is -0.495 e. The Morgan fingerprint density at radius 3 is 2.74 bits per heavy atom. The Kier molecular flexibility index (Phi) is 6.60. The zero-order valence-corrected chi connectivity index (χ0v) is 13.5. The predicted octanol–water partition coefficient (Wildman–Crippen LogP) is 2.20. The van der Waals surface area contributed by atoms with Crippen LogP contribution in [0.4, 0.5) is 5.69 Å². The summed E-state index contributed by atoms with van der Waals surface area (Å²) in [5, 5.41) is 3.09. The van der Waals surface area contributed by atoms with Gasteiger partial charge < -0.3 is 10.1 Å². The molecule has 1 aromatic carbocycles. The molecule has 0 saturated heterocycles. The lowest BCUT2D eigenvalue weighted by molar-refractivity contribution is 0.417. The Morgan fingerprint density at radius 1 is 1.37 bits per heavy atom. The Hall–Kier alpha value is -0.790. The van der Waals surface area contributed by atoms with E-state index in [9.17, 15) is 8.42 Å². The first-order chi connectivity index (χ1) is 8.98. The third-order valence-electron chi connectivity index (χ3n) is 2.44. The zero-order chi connectivity index (χ0) is 14.3. The first-order valence-corrected chi connectivity index (χ1v) is 8.47. The number of halogens is 1. The lowest BCUT2D eigenvalue weighted by atomic mass is 10.3. The molecule has 0 heterocycles. The van der Waals surface area contributed by atoms with Gasteiger partial charge in [-0.1, -0.05) is 22.9 Å². The quantitative estimate of drug-likeness (QED) is 0.705. The van der Waals surface area contributed by atoms with E-state index in [2.05, 4.69) is 26.0 Å². The van der Waals surface area contributed by atoms with E-state index in [0.29, 0.717) is 24.4 Å². The van der Waals surface area contributed by atoms with Crippen molar-refractivity contribution < 1.29 is 13.2 Å². The van der Waals surface area contributed by atoms with Gasteiger partial charge in [-0.3, -0.25) is 4.72 Å². The minimum absolute atomic E-state index is 0.0790. The maximum absolute atomic E-state index is 11.9. The summed E-state index contributed by atoms with van der Waals surface area (Å²) in [7, 11) is -1.85. The van der Waals surface area contributed by atoms with Crippen LogP contribution < -0.4 is 14.8 Å². The fourth-order valence-electron chi connectivity index (χ4n) is 1.54. The molecule has 1 aromatic rings. The van der Waals surface area contributed by atoms with E-state index in [1.165, 1.54) is 7.11 Å². The number of anilines is 1. The highest BCUT2D eigenvalue weighted by molar-refractivity contribution is 9.10. The molecular weight excluding hydrogens is 332 g/mol. The Morgan fingerprint density at radius 2 is 2.11 bits per heavy atom. The Labute approximate surface area is 122 Å². The highest BCUT2D eigenvalue weighted by Gasteiger charge is 2.13. The number of methoxy groups -OCH3 is 1. The van der Waals surface area contributed by atoms with Crippen LogP contribution in [0.5, 0.6) is 5.75 Å². The minimum atomic E-state index is -3.36. The average molecular weight is 351 g/mol. The van der Waals surface area contributed by atoms with E-state index >= 15 is 0 Å². The second-order valence-electron chi connectivity index (χ2n) is 3.97. The van der Waals surface area contributed by atoms with Gasteiger partial charge in [0.2, 0.25) is 10.0 Å². The third kappa shape index (κ3) is 5.80. The molecule has 0 aliphatic carbocycles. The number of sulfonamides is 1. The predicted molar refractivity (Wildman–Crippen MR) is 81.3 cm³/mol. The molecule has 0 aromatic heterocycles. The van der Waals surface area contributed by atoms with Crippen molar-refractivity contribution in [3.05, 3.63) is 22.7 Å². The molecule has 0 bridgehead atoms. The standard InChI is InChI=1S/C12H19BrN2O3S/c1-3-14-7-4-8-19(16,17)15-11-9-10(13)5-6-12(11)18-2/h5-6,9,14-15H,3-4,7-8H2,1-2H3. The van der Waals surface area contributed by atoms with Crippen LogP contribution >= 0.6 is 15.9 Å². The van der Waals surface area contributed by atoms with E-state index in [4.69, 9.17) is 4.74 Å². The average Bonchev–Trinajstić information content (AvgIpc) is 2.34. The molecule has 7 heteroatoms. The van der Waals surface area contributed by atoms with Crippen molar-refractivity contribution in [1.29, 1.82) is 0 Å². The monoisotopic (exact) mass is 350 g/mol. The van der Waals surface area contributed by atoms with Crippen LogP contribution in [-0.4, -0.2) is 34.4 Å². The number of hydrogen-bond donors (Lipinski definition) is 2. The van der Waals surface area contributed by atoms with Gasteiger partial charge in [0.15, 0.2) is 0 Å². The zero-order valence-electron chi connectivity index (χ0n) is 11.1. The first kappa shape index (κ1) is 16.3. The van der Waals surface area contributed by atoms with Crippen molar-refractivity contribution in [1.82, 2.24) is 5.32 Å². The van der Waals surface area contributed by atoms with Crippen molar-refractivity contribution >= 4 is 31.6 Å². The maximum Gasteiger partial charge on any atom is 0.232 e. The van der Waals surface area contributed by atoms with Gasteiger partial charge in [0.25, 0.3) is 0 Å². The number of hydrogen-bond acceptors (Lipinski definition) is 4. The Bertz CT molecular complexity index is 506. The van der Waals surface area contributed by atoms with E-state index in [1.54, 1.807) is 18.2 Å². The summed E-state index contributed by atoms with van der Waals surface area (Å²) >= 11 is 3.31. The van der Waals surface area contributed by atoms with Crippen LogP contribution in [-0.2, 0) is 10.0 Å². The smallest absolute Gasteiger partial charge is 0.232 e. The summed E-state index contributed by atoms with van der Waals surface area (Å²) in [6, 6.07) is 5.18. The molecule has 0 spiro atoms. The van der Waals surface area contributed by atoms with Gasteiger partial charge in [-0.05, 0) is 37.7 Å². The maximum atomic E-state index is 11.9. The van der Waals surface area contributed by atoms with Crippen molar-refractivity contribution in [2.45, 2.75) is 13.3 Å². The van der Waals surface area contributed by atoms with Gasteiger partial charge in [0.1, 0.15) is 5.75 Å². The fourth-order valence-corrected chi connectivity index (χ4v) is 3.02. The van der Waals surface area contributed by atoms with Crippen LogP contribution in [0.2, 0.25) is 0 Å². The number of nitrogens with one attached hydrogen (secondary N) is 2. The first-order valence-electron chi connectivity index (χ1n) is 6.03. The van der Waals surface area contributed by atoms with Crippen LogP contribution in [0.1, 0.15) is 13.3 Å². The lowest BCUT2D eigenvalue weighted by Gasteiger charge is -2.12. The SMILES string of the molecule is CCNCCCS(=O)(=O)Nc1cc(Br)ccc1OC. The molecular formula is C12H19BrN2O3S. The van der Waals surface area contributed by atoms with E-state index in [-0.39, 0.29) is 5.75 Å². The highest BCUT2D eigenvalue weighted by Crippen LogP contribution is 2.28. The molecule has 0 aliphatic heterocycles. The summed E-state index contributed by atoms with van der Waals surface area (Å²) in [6.07, 6.45) is 0.569. The van der Waals surface area contributed by atoms with Crippen LogP contribution in [0.15, 0.2) is 22.7 Å². The van der Waals surface area contributed by atoms with E-state index < -0.39 is 10.0 Å². The molecule has 108 valence electrons. The summed E-state index contributed by atoms with van der Waals surface area (Å²) in [5.74, 6) is 0.578. The largest absolute Gasteiger partial charge is 0.495 e. The topological polar surface area (TPSA) is 67.4 Å². The van der Waals surface area contributed by atoms with Gasteiger partial charge in [-0.2, -0.15) is 0 Å². The summed E-state index contributed by atoms with van der Waals surface area (Å²) in [6.45, 7) is 3.51. The molecule has 0 atom stereocenters. The van der Waals surface area contributed by atoms with Crippen LogP contribution in [0, 0.1) is 0 Å². The highest BCUT2D eigenvalue weighted by atomic mass is 79.9. The summed E-state index contributed by atoms with van der Waals surface area (Å²) in [5.41, 5.74) is 0.445. The molecule has 1 rings (SSSR count). The molecule has 5 nitrogen and oxygen atoms in total. The van der Waals surface area contributed by atoms with E-state index in [0.717, 1.165) is 11.0 Å². The molecule has 0 saturated carbocycles. The second kappa shape index (κ2) is 7.72. The summed E-state index contributed by atoms with van der Waals surface area (Å²) < 4.78 is 32.3. The number of ether oxygens (including phenoxy) is 1. The molecule has 0 radical (unpaired) electrons. The van der Waals surface area contributed by atoms with E-state index in [1.807, 2.05) is 6.92 Å². The fraction of sp³-hybridized carbons (Fsp3) is 0.500. The lowest BCUT2D eigenvalue weighted by Crippen LogP contribution is -2.22. The van der Waals surface area contributed by atoms with Gasteiger partial charge >= 0.3 is 0 Å². The van der Waals surface area contributed by atoms with Gasteiger partial charge in [0, 0.05) is 4.47 Å². The van der Waals surface area contributed by atoms with Gasteiger partial charge in [-0.15, -0.1) is 0 Å². The van der Waals surface area contributed by atoms with Gasteiger partial charge in [0.05, 0.1) is 18.6 Å².